The van der Waals surface area contributed by atoms with E-state index in [1.54, 1.807) is 18.2 Å². The second-order valence-electron chi connectivity index (χ2n) is 3.12. The summed E-state index contributed by atoms with van der Waals surface area (Å²) in [6.07, 6.45) is -2.69. The number of rotatable bonds is 2. The van der Waals surface area contributed by atoms with Gasteiger partial charge in [0.2, 0.25) is 0 Å². The first-order valence-electron chi connectivity index (χ1n) is 4.30. The molecule has 2 atom stereocenters. The Morgan fingerprint density at radius 2 is 2.33 bits per heavy atom. The number of aliphatic hydroxyl groups excluding tert-OH is 1. The summed E-state index contributed by atoms with van der Waals surface area (Å²) in [6, 6.07) is 4.84. The van der Waals surface area contributed by atoms with Crippen molar-refractivity contribution in [3.63, 3.8) is 0 Å². The van der Waals surface area contributed by atoms with E-state index >= 15 is 0 Å². The Hall–Kier alpha value is -1.82. The highest BCUT2D eigenvalue weighted by Gasteiger charge is 2.43. The van der Waals surface area contributed by atoms with Crippen molar-refractivity contribution in [2.45, 2.75) is 12.3 Å². The molecule has 0 saturated heterocycles. The molecule has 0 unspecified atom stereocenters. The van der Waals surface area contributed by atoms with Crippen molar-refractivity contribution in [2.75, 3.05) is 7.11 Å². The Morgan fingerprint density at radius 1 is 1.60 bits per heavy atom. The zero-order valence-corrected chi connectivity index (χ0v) is 7.91. The fraction of sp³-hybridized carbons (Fsp3) is 0.333. The normalized spacial score (nSPS) is 23.1. The molecule has 2 rings (SSSR count). The minimum atomic E-state index is -1.45. The first kappa shape index (κ1) is 9.72. The van der Waals surface area contributed by atoms with Gasteiger partial charge in [0.1, 0.15) is 0 Å². The van der Waals surface area contributed by atoms with Crippen LogP contribution in [0.25, 0.3) is 0 Å². The molecule has 15 heavy (non-hydrogen) atoms. The predicted octanol–water partition coefficient (Wildman–Crippen LogP) is 0.724. The molecule has 1 aromatic rings. The molecule has 0 fully saturated rings. The first-order chi connectivity index (χ1) is 7.15. The third-order valence-corrected chi connectivity index (χ3v) is 2.26. The van der Waals surface area contributed by atoms with Gasteiger partial charge in [0.05, 0.1) is 12.0 Å². The lowest BCUT2D eigenvalue weighted by atomic mass is 10.1. The Morgan fingerprint density at radius 3 is 2.93 bits per heavy atom. The summed E-state index contributed by atoms with van der Waals surface area (Å²) >= 11 is 0. The standard InChI is InChI=1S/C9H9NO5/c1-14-6-4-2-3-5-7(11)9(10(12)13)15-8(5)6/h2-4,7,9,11H,1H3/t7-,9-/m1/s1. The molecule has 0 aromatic heterocycles. The van der Waals surface area contributed by atoms with Gasteiger partial charge in [-0.2, -0.15) is 0 Å². The maximum atomic E-state index is 10.6. The number of methoxy groups -OCH3 is 1. The van der Waals surface area contributed by atoms with E-state index in [0.717, 1.165) is 0 Å². The largest absolute Gasteiger partial charge is 0.493 e. The number of nitro groups is 1. The van der Waals surface area contributed by atoms with Crippen molar-refractivity contribution < 1.29 is 19.5 Å². The summed E-state index contributed by atoms with van der Waals surface area (Å²) < 4.78 is 10.0. The maximum Gasteiger partial charge on any atom is 0.384 e. The van der Waals surface area contributed by atoms with Crippen molar-refractivity contribution in [3.05, 3.63) is 33.9 Å². The van der Waals surface area contributed by atoms with Gasteiger partial charge in [0.25, 0.3) is 0 Å². The summed E-state index contributed by atoms with van der Waals surface area (Å²) in [5.41, 5.74) is 0.385. The highest BCUT2D eigenvalue weighted by Crippen LogP contribution is 2.42. The number of nitrogens with zero attached hydrogens (tertiary/aromatic N) is 1. The topological polar surface area (TPSA) is 81.8 Å². The van der Waals surface area contributed by atoms with E-state index in [1.807, 2.05) is 0 Å². The molecule has 0 spiro atoms. The molecule has 6 heteroatoms. The summed E-state index contributed by atoms with van der Waals surface area (Å²) in [4.78, 5) is 9.90. The van der Waals surface area contributed by atoms with Gasteiger partial charge in [-0.3, -0.25) is 10.1 Å². The number of hydrogen-bond donors (Lipinski definition) is 1. The van der Waals surface area contributed by atoms with Crippen LogP contribution in [0, 0.1) is 10.1 Å². The number of hydrogen-bond acceptors (Lipinski definition) is 5. The molecule has 0 bridgehead atoms. The van der Waals surface area contributed by atoms with Crippen molar-refractivity contribution in [2.24, 2.45) is 0 Å². The third kappa shape index (κ3) is 1.39. The van der Waals surface area contributed by atoms with Crippen molar-refractivity contribution in [1.29, 1.82) is 0 Å². The fourth-order valence-corrected chi connectivity index (χ4v) is 1.55. The molecule has 80 valence electrons. The molecule has 1 aromatic carbocycles. The molecule has 1 heterocycles. The second-order valence-corrected chi connectivity index (χ2v) is 3.12. The van der Waals surface area contributed by atoms with Gasteiger partial charge in [-0.1, -0.05) is 12.1 Å². The smallest absolute Gasteiger partial charge is 0.384 e. The molecule has 6 nitrogen and oxygen atoms in total. The van der Waals surface area contributed by atoms with E-state index in [9.17, 15) is 15.2 Å². The molecule has 0 aliphatic carbocycles. The quantitative estimate of drug-likeness (QED) is 0.575. The van der Waals surface area contributed by atoms with Crippen LogP contribution in [-0.2, 0) is 0 Å². The molecule has 1 aliphatic rings. The summed E-state index contributed by atoms with van der Waals surface area (Å²) in [7, 11) is 1.44. The minimum absolute atomic E-state index is 0.245. The number of para-hydroxylation sites is 1. The first-order valence-corrected chi connectivity index (χ1v) is 4.30. The average Bonchev–Trinajstić information content (AvgIpc) is 2.56. The average molecular weight is 211 g/mol. The van der Waals surface area contributed by atoms with Crippen LogP contribution in [0.2, 0.25) is 0 Å². The Balaban J connectivity index is 2.44. The van der Waals surface area contributed by atoms with Gasteiger partial charge in [-0.05, 0) is 6.07 Å². The third-order valence-electron chi connectivity index (χ3n) is 2.26. The van der Waals surface area contributed by atoms with Crippen LogP contribution in [0.5, 0.6) is 11.5 Å². The highest BCUT2D eigenvalue weighted by atomic mass is 16.7. The Labute approximate surface area is 85.2 Å². The molecule has 0 saturated carbocycles. The molecule has 1 N–H and O–H groups in total. The monoisotopic (exact) mass is 211 g/mol. The lowest BCUT2D eigenvalue weighted by Crippen LogP contribution is -2.27. The van der Waals surface area contributed by atoms with E-state index in [-0.39, 0.29) is 5.75 Å². The van der Waals surface area contributed by atoms with Gasteiger partial charge < -0.3 is 14.6 Å². The summed E-state index contributed by atoms with van der Waals surface area (Å²) in [6.45, 7) is 0. The van der Waals surface area contributed by atoms with E-state index < -0.39 is 17.3 Å². The van der Waals surface area contributed by atoms with Crippen LogP contribution in [-0.4, -0.2) is 23.4 Å². The predicted molar refractivity (Wildman–Crippen MR) is 49.4 cm³/mol. The van der Waals surface area contributed by atoms with E-state index in [4.69, 9.17) is 9.47 Å². The van der Waals surface area contributed by atoms with Gasteiger partial charge >= 0.3 is 6.23 Å². The minimum Gasteiger partial charge on any atom is -0.493 e. The van der Waals surface area contributed by atoms with Gasteiger partial charge in [0.15, 0.2) is 17.6 Å². The Bertz CT molecular complexity index is 405. The van der Waals surface area contributed by atoms with E-state index in [0.29, 0.717) is 11.3 Å². The van der Waals surface area contributed by atoms with Crippen LogP contribution in [0.15, 0.2) is 18.2 Å². The molecule has 1 aliphatic heterocycles. The SMILES string of the molecule is COc1cccc2c1O[C@@H]([N+](=O)[O-])[C@@H]2O. The number of aliphatic hydroxyl groups is 1. The maximum absolute atomic E-state index is 10.6. The van der Waals surface area contributed by atoms with Gasteiger partial charge in [0, 0.05) is 5.56 Å². The van der Waals surface area contributed by atoms with E-state index in [1.165, 1.54) is 7.11 Å². The zero-order valence-electron chi connectivity index (χ0n) is 7.91. The summed E-state index contributed by atoms with van der Waals surface area (Å²) in [5.74, 6) is 0.630. The number of ether oxygens (including phenoxy) is 2. The molecular formula is C9H9NO5. The Kier molecular flexibility index (Phi) is 2.20. The summed E-state index contributed by atoms with van der Waals surface area (Å²) in [5, 5.41) is 20.2. The lowest BCUT2D eigenvalue weighted by Gasteiger charge is -2.05. The van der Waals surface area contributed by atoms with Crippen molar-refractivity contribution in [3.8, 4) is 11.5 Å². The molecule has 0 amide bonds. The van der Waals surface area contributed by atoms with Crippen molar-refractivity contribution in [1.82, 2.24) is 0 Å². The van der Waals surface area contributed by atoms with Crippen LogP contribution < -0.4 is 9.47 Å². The molecule has 0 radical (unpaired) electrons. The van der Waals surface area contributed by atoms with Gasteiger partial charge in [-0.25, -0.2) is 0 Å². The fourth-order valence-electron chi connectivity index (χ4n) is 1.55. The van der Waals surface area contributed by atoms with E-state index in [2.05, 4.69) is 0 Å². The van der Waals surface area contributed by atoms with Gasteiger partial charge in [-0.15, -0.1) is 0 Å². The van der Waals surface area contributed by atoms with Crippen LogP contribution in [0.3, 0.4) is 0 Å². The van der Waals surface area contributed by atoms with Crippen LogP contribution in [0.4, 0.5) is 0 Å². The zero-order chi connectivity index (χ0) is 11.0. The van der Waals surface area contributed by atoms with Crippen molar-refractivity contribution >= 4 is 0 Å². The lowest BCUT2D eigenvalue weighted by molar-refractivity contribution is -0.572. The van der Waals surface area contributed by atoms with Crippen LogP contribution in [0.1, 0.15) is 11.7 Å². The number of benzene rings is 1. The number of fused-ring (bicyclic) bond motifs is 1. The molecular weight excluding hydrogens is 202 g/mol. The second kappa shape index (κ2) is 3.39. The van der Waals surface area contributed by atoms with Crippen LogP contribution >= 0.6 is 0 Å². The highest BCUT2D eigenvalue weighted by molar-refractivity contribution is 5.50.